The van der Waals surface area contributed by atoms with Crippen LogP contribution in [-0.4, -0.2) is 30.1 Å². The van der Waals surface area contributed by atoms with Gasteiger partial charge in [0.05, 0.1) is 11.5 Å². The van der Waals surface area contributed by atoms with Crippen molar-refractivity contribution in [3.05, 3.63) is 46.3 Å². The number of carboxylic acids is 1. The summed E-state index contributed by atoms with van der Waals surface area (Å²) >= 11 is 1.54. The van der Waals surface area contributed by atoms with Gasteiger partial charge in [-0.15, -0.1) is 11.3 Å². The van der Waals surface area contributed by atoms with E-state index in [0.29, 0.717) is 5.69 Å². The number of carbonyl (C=O) groups is 2. The smallest absolute Gasteiger partial charge is 0.323 e. The topological polar surface area (TPSA) is 69.6 Å². The molecule has 5 nitrogen and oxygen atoms in total. The number of amides is 1. The number of rotatable bonds is 6. The first kappa shape index (κ1) is 17.0. The normalized spacial score (nSPS) is 10.4. The van der Waals surface area contributed by atoms with E-state index in [4.69, 9.17) is 5.11 Å². The van der Waals surface area contributed by atoms with Crippen LogP contribution >= 0.6 is 11.3 Å². The van der Waals surface area contributed by atoms with Crippen molar-refractivity contribution < 1.29 is 14.7 Å². The van der Waals surface area contributed by atoms with Gasteiger partial charge in [0, 0.05) is 10.6 Å². The van der Waals surface area contributed by atoms with Gasteiger partial charge in [0.25, 0.3) is 0 Å². The number of thiophene rings is 1. The summed E-state index contributed by atoms with van der Waals surface area (Å²) in [4.78, 5) is 26.1. The van der Waals surface area contributed by atoms with Crippen molar-refractivity contribution in [2.24, 2.45) is 0 Å². The Labute approximate surface area is 139 Å². The lowest BCUT2D eigenvalue weighted by atomic mass is 10.2. The fourth-order valence-electron chi connectivity index (χ4n) is 2.24. The molecule has 0 atom stereocenters. The van der Waals surface area contributed by atoms with Crippen LogP contribution in [0.25, 0.3) is 0 Å². The molecule has 0 fully saturated rings. The van der Waals surface area contributed by atoms with Gasteiger partial charge < -0.3 is 15.3 Å². The van der Waals surface area contributed by atoms with Crippen LogP contribution in [-0.2, 0) is 9.59 Å². The molecule has 1 aromatic heterocycles. The van der Waals surface area contributed by atoms with E-state index in [-0.39, 0.29) is 19.0 Å². The van der Waals surface area contributed by atoms with E-state index in [1.54, 1.807) is 17.0 Å². The second-order valence-electron chi connectivity index (χ2n) is 5.37. The third-order valence-electron chi connectivity index (χ3n) is 3.72. The molecule has 0 spiro atoms. The van der Waals surface area contributed by atoms with E-state index in [9.17, 15) is 9.59 Å². The lowest BCUT2D eigenvalue weighted by molar-refractivity contribution is -0.135. The second-order valence-corrected chi connectivity index (χ2v) is 6.60. The molecule has 1 heterocycles. The van der Waals surface area contributed by atoms with Crippen LogP contribution in [0.15, 0.2) is 30.3 Å². The Morgan fingerprint density at radius 1 is 1.09 bits per heavy atom. The van der Waals surface area contributed by atoms with Gasteiger partial charge in [-0.1, -0.05) is 18.2 Å². The van der Waals surface area contributed by atoms with E-state index in [0.717, 1.165) is 10.6 Å². The van der Waals surface area contributed by atoms with Gasteiger partial charge >= 0.3 is 5.97 Å². The number of nitrogens with one attached hydrogen (secondary N) is 1. The first-order chi connectivity index (χ1) is 10.9. The van der Waals surface area contributed by atoms with Crippen molar-refractivity contribution in [3.63, 3.8) is 0 Å². The molecule has 2 N–H and O–H groups in total. The Hall–Kier alpha value is -2.34. The van der Waals surface area contributed by atoms with Crippen molar-refractivity contribution in [1.29, 1.82) is 0 Å². The SMILES string of the molecule is Cc1sc(NC(=O)CN(CC(=O)O)c2ccccc2)c(C)c1C. The third-order valence-corrected chi connectivity index (χ3v) is 4.95. The number of hydrogen-bond donors (Lipinski definition) is 2. The van der Waals surface area contributed by atoms with Crippen LogP contribution in [0.2, 0.25) is 0 Å². The quantitative estimate of drug-likeness (QED) is 0.852. The number of para-hydroxylation sites is 1. The average molecular weight is 332 g/mol. The van der Waals surface area contributed by atoms with Gasteiger partial charge in [-0.25, -0.2) is 0 Å². The van der Waals surface area contributed by atoms with Gasteiger partial charge in [0.15, 0.2) is 0 Å². The number of anilines is 2. The number of carboxylic acid groups (broad SMARTS) is 1. The maximum absolute atomic E-state index is 12.3. The van der Waals surface area contributed by atoms with Crippen LogP contribution < -0.4 is 10.2 Å². The molecule has 0 aliphatic heterocycles. The number of hydrogen-bond acceptors (Lipinski definition) is 4. The van der Waals surface area contributed by atoms with Crippen LogP contribution in [0.1, 0.15) is 16.0 Å². The fraction of sp³-hybridized carbons (Fsp3) is 0.294. The highest BCUT2D eigenvalue weighted by molar-refractivity contribution is 7.16. The van der Waals surface area contributed by atoms with E-state index in [1.807, 2.05) is 39.0 Å². The molecule has 1 aromatic carbocycles. The molecule has 0 saturated heterocycles. The monoisotopic (exact) mass is 332 g/mol. The first-order valence-electron chi connectivity index (χ1n) is 7.26. The Kier molecular flexibility index (Phi) is 5.39. The summed E-state index contributed by atoms with van der Waals surface area (Å²) in [6.07, 6.45) is 0. The van der Waals surface area contributed by atoms with Gasteiger partial charge in [-0.2, -0.15) is 0 Å². The zero-order chi connectivity index (χ0) is 17.0. The lowest BCUT2D eigenvalue weighted by Crippen LogP contribution is -2.37. The molecule has 23 heavy (non-hydrogen) atoms. The molecular weight excluding hydrogens is 312 g/mol. The van der Waals surface area contributed by atoms with Crippen molar-refractivity contribution >= 4 is 33.9 Å². The highest BCUT2D eigenvalue weighted by atomic mass is 32.1. The largest absolute Gasteiger partial charge is 0.480 e. The zero-order valence-corrected chi connectivity index (χ0v) is 14.2. The van der Waals surface area contributed by atoms with Crippen LogP contribution in [0.3, 0.4) is 0 Å². The molecule has 0 saturated carbocycles. The summed E-state index contributed by atoms with van der Waals surface area (Å²) in [5, 5.41) is 12.8. The van der Waals surface area contributed by atoms with E-state index in [2.05, 4.69) is 5.32 Å². The number of carbonyl (C=O) groups excluding carboxylic acids is 1. The van der Waals surface area contributed by atoms with Gasteiger partial charge in [0.1, 0.15) is 6.54 Å². The van der Waals surface area contributed by atoms with Crippen molar-refractivity contribution in [1.82, 2.24) is 0 Å². The molecule has 0 aliphatic rings. The molecule has 0 bridgehead atoms. The summed E-state index contributed by atoms with van der Waals surface area (Å²) in [6, 6.07) is 9.07. The number of aryl methyl sites for hydroxylation is 1. The molecule has 6 heteroatoms. The Morgan fingerprint density at radius 2 is 1.74 bits per heavy atom. The van der Waals surface area contributed by atoms with Gasteiger partial charge in [-0.05, 0) is 44.0 Å². The van der Waals surface area contributed by atoms with Crippen LogP contribution in [0.4, 0.5) is 10.7 Å². The molecule has 1 amide bonds. The highest BCUT2D eigenvalue weighted by Crippen LogP contribution is 2.31. The summed E-state index contributed by atoms with van der Waals surface area (Å²) in [5.74, 6) is -1.19. The molecule has 2 rings (SSSR count). The molecule has 122 valence electrons. The Balaban J connectivity index is 2.11. The average Bonchev–Trinajstić information content (AvgIpc) is 2.74. The predicted octanol–water partition coefficient (Wildman–Crippen LogP) is 3.20. The minimum atomic E-state index is -0.972. The molecule has 0 unspecified atom stereocenters. The molecular formula is C17H20N2O3S. The zero-order valence-electron chi connectivity index (χ0n) is 13.4. The molecule has 0 aliphatic carbocycles. The van der Waals surface area contributed by atoms with Crippen molar-refractivity contribution in [2.75, 3.05) is 23.3 Å². The van der Waals surface area contributed by atoms with E-state index < -0.39 is 5.97 Å². The molecule has 2 aromatic rings. The third kappa shape index (κ3) is 4.32. The summed E-state index contributed by atoms with van der Waals surface area (Å²) in [7, 11) is 0. The maximum atomic E-state index is 12.3. The first-order valence-corrected chi connectivity index (χ1v) is 8.08. The maximum Gasteiger partial charge on any atom is 0.323 e. The fourth-order valence-corrected chi connectivity index (χ4v) is 3.32. The number of benzene rings is 1. The minimum absolute atomic E-state index is 0.00819. The van der Waals surface area contributed by atoms with E-state index in [1.165, 1.54) is 21.8 Å². The van der Waals surface area contributed by atoms with Crippen LogP contribution in [0, 0.1) is 20.8 Å². The van der Waals surface area contributed by atoms with E-state index >= 15 is 0 Å². The standard InChI is InChI=1S/C17H20N2O3S/c1-11-12(2)17(23-13(11)3)18-15(20)9-19(10-16(21)22)14-7-5-4-6-8-14/h4-8H,9-10H2,1-3H3,(H,18,20)(H,21,22). The van der Waals surface area contributed by atoms with Crippen LogP contribution in [0.5, 0.6) is 0 Å². The van der Waals surface area contributed by atoms with Gasteiger partial charge in [-0.3, -0.25) is 9.59 Å². The summed E-state index contributed by atoms with van der Waals surface area (Å²) in [6.45, 7) is 5.78. The second kappa shape index (κ2) is 7.28. The Morgan fingerprint density at radius 3 is 2.26 bits per heavy atom. The van der Waals surface area contributed by atoms with Gasteiger partial charge in [0.2, 0.25) is 5.91 Å². The summed E-state index contributed by atoms with van der Waals surface area (Å²) < 4.78 is 0. The highest BCUT2D eigenvalue weighted by Gasteiger charge is 2.17. The Bertz CT molecular complexity index is 710. The number of aliphatic carboxylic acids is 1. The predicted molar refractivity (Wildman–Crippen MR) is 93.5 cm³/mol. The summed E-state index contributed by atoms with van der Waals surface area (Å²) in [5.41, 5.74) is 2.95. The number of nitrogens with zero attached hydrogens (tertiary/aromatic N) is 1. The molecule has 0 radical (unpaired) electrons. The minimum Gasteiger partial charge on any atom is -0.480 e. The van der Waals surface area contributed by atoms with Crippen molar-refractivity contribution in [3.8, 4) is 0 Å². The van der Waals surface area contributed by atoms with Crippen molar-refractivity contribution in [2.45, 2.75) is 20.8 Å². The lowest BCUT2D eigenvalue weighted by Gasteiger charge is -2.22.